The van der Waals surface area contributed by atoms with Gasteiger partial charge in [-0.3, -0.25) is 9.59 Å². The zero-order valence-corrected chi connectivity index (χ0v) is 10.2. The van der Waals surface area contributed by atoms with E-state index < -0.39 is 5.54 Å². The van der Waals surface area contributed by atoms with Crippen molar-refractivity contribution in [3.8, 4) is 0 Å². The minimum absolute atomic E-state index is 0.110. The molecule has 1 atom stereocenters. The predicted molar refractivity (Wildman–Crippen MR) is 59.6 cm³/mol. The zero-order valence-electron chi connectivity index (χ0n) is 10.2. The van der Waals surface area contributed by atoms with Crippen LogP contribution in [0.5, 0.6) is 0 Å². The molecule has 0 radical (unpaired) electrons. The van der Waals surface area contributed by atoms with Crippen LogP contribution in [0.25, 0.3) is 0 Å². The number of rotatable bonds is 2. The second-order valence-corrected chi connectivity index (χ2v) is 4.84. The summed E-state index contributed by atoms with van der Waals surface area (Å²) in [6.45, 7) is 4.45. The van der Waals surface area contributed by atoms with Crippen LogP contribution >= 0.6 is 0 Å². The minimum Gasteiger partial charge on any atom is -0.469 e. The van der Waals surface area contributed by atoms with Crippen LogP contribution in [0.2, 0.25) is 0 Å². The Bertz CT molecular complexity index is 283. The van der Waals surface area contributed by atoms with Crippen LogP contribution in [0.15, 0.2) is 0 Å². The fourth-order valence-electron chi connectivity index (χ4n) is 1.93. The Labute approximate surface area is 95.9 Å². The molecule has 1 unspecified atom stereocenters. The second-order valence-electron chi connectivity index (χ2n) is 4.84. The molecule has 92 valence electrons. The maximum atomic E-state index is 11.9. The maximum Gasteiger partial charge on any atom is 0.310 e. The van der Waals surface area contributed by atoms with E-state index in [0.29, 0.717) is 13.1 Å². The van der Waals surface area contributed by atoms with Gasteiger partial charge in [-0.2, -0.15) is 0 Å². The van der Waals surface area contributed by atoms with Crippen molar-refractivity contribution in [1.29, 1.82) is 0 Å². The third kappa shape index (κ3) is 2.95. The van der Waals surface area contributed by atoms with Gasteiger partial charge in [0, 0.05) is 13.1 Å². The summed E-state index contributed by atoms with van der Waals surface area (Å²) < 4.78 is 4.70. The van der Waals surface area contributed by atoms with Gasteiger partial charge in [-0.05, 0) is 26.7 Å². The number of hydrogen-bond donors (Lipinski definition) is 1. The Balaban J connectivity index is 2.64. The first kappa shape index (κ1) is 13.0. The van der Waals surface area contributed by atoms with Crippen LogP contribution in [0.1, 0.15) is 26.7 Å². The third-order valence-electron chi connectivity index (χ3n) is 2.79. The molecule has 0 bridgehead atoms. The number of carbonyl (C=O) groups is 2. The van der Waals surface area contributed by atoms with Gasteiger partial charge in [0.15, 0.2) is 0 Å². The first-order valence-electron chi connectivity index (χ1n) is 5.52. The van der Waals surface area contributed by atoms with Crippen molar-refractivity contribution in [2.75, 3.05) is 20.2 Å². The highest BCUT2D eigenvalue weighted by atomic mass is 16.5. The summed E-state index contributed by atoms with van der Waals surface area (Å²) in [5.74, 6) is -0.557. The molecule has 5 nitrogen and oxygen atoms in total. The number of hydrogen-bond acceptors (Lipinski definition) is 4. The Morgan fingerprint density at radius 3 is 2.56 bits per heavy atom. The van der Waals surface area contributed by atoms with E-state index in [-0.39, 0.29) is 17.8 Å². The van der Waals surface area contributed by atoms with E-state index >= 15 is 0 Å². The molecule has 16 heavy (non-hydrogen) atoms. The standard InChI is InChI=1S/C11H20N2O3/c1-11(2,12)10(15)13-6-4-5-8(7-13)9(14)16-3/h8H,4-7,12H2,1-3H3. The highest BCUT2D eigenvalue weighted by molar-refractivity contribution is 5.86. The number of methoxy groups -OCH3 is 1. The van der Waals surface area contributed by atoms with E-state index in [1.54, 1.807) is 18.7 Å². The molecular weight excluding hydrogens is 208 g/mol. The van der Waals surface area contributed by atoms with E-state index in [9.17, 15) is 9.59 Å². The topological polar surface area (TPSA) is 72.6 Å². The average molecular weight is 228 g/mol. The molecule has 1 aliphatic rings. The maximum absolute atomic E-state index is 11.9. The van der Waals surface area contributed by atoms with Crippen LogP contribution in [0.3, 0.4) is 0 Å². The molecule has 1 saturated heterocycles. The quantitative estimate of drug-likeness (QED) is 0.682. The Hall–Kier alpha value is -1.10. The summed E-state index contributed by atoms with van der Waals surface area (Å²) in [5.41, 5.74) is 4.88. The van der Waals surface area contributed by atoms with Crippen LogP contribution in [0, 0.1) is 5.92 Å². The van der Waals surface area contributed by atoms with Gasteiger partial charge in [0.1, 0.15) is 0 Å². The fraction of sp³-hybridized carbons (Fsp3) is 0.818. The molecule has 1 fully saturated rings. The van der Waals surface area contributed by atoms with Gasteiger partial charge in [0.25, 0.3) is 0 Å². The lowest BCUT2D eigenvalue weighted by molar-refractivity contribution is -0.149. The molecule has 2 N–H and O–H groups in total. The SMILES string of the molecule is COC(=O)C1CCCN(C(=O)C(C)(C)N)C1. The Morgan fingerprint density at radius 1 is 1.44 bits per heavy atom. The van der Waals surface area contributed by atoms with Crippen LogP contribution < -0.4 is 5.73 Å². The van der Waals surface area contributed by atoms with Crippen LogP contribution in [-0.2, 0) is 14.3 Å². The van der Waals surface area contributed by atoms with E-state index in [1.165, 1.54) is 7.11 Å². The van der Waals surface area contributed by atoms with Crippen molar-refractivity contribution >= 4 is 11.9 Å². The van der Waals surface area contributed by atoms with Crippen molar-refractivity contribution in [2.24, 2.45) is 11.7 Å². The normalized spacial score (nSPS) is 21.8. The monoisotopic (exact) mass is 228 g/mol. The molecule has 1 rings (SSSR count). The van der Waals surface area contributed by atoms with Gasteiger partial charge in [0.2, 0.25) is 5.91 Å². The number of piperidine rings is 1. The summed E-state index contributed by atoms with van der Waals surface area (Å²) in [6, 6.07) is 0. The van der Waals surface area contributed by atoms with Crippen molar-refractivity contribution in [3.63, 3.8) is 0 Å². The van der Waals surface area contributed by atoms with E-state index in [2.05, 4.69) is 0 Å². The van der Waals surface area contributed by atoms with Crippen LogP contribution in [0.4, 0.5) is 0 Å². The zero-order chi connectivity index (χ0) is 12.3. The van der Waals surface area contributed by atoms with Gasteiger partial charge < -0.3 is 15.4 Å². The fourth-order valence-corrected chi connectivity index (χ4v) is 1.93. The van der Waals surface area contributed by atoms with Gasteiger partial charge >= 0.3 is 5.97 Å². The molecule has 1 heterocycles. The number of carbonyl (C=O) groups excluding carboxylic acids is 2. The molecule has 0 aromatic carbocycles. The van der Waals surface area contributed by atoms with Crippen molar-refractivity contribution in [3.05, 3.63) is 0 Å². The predicted octanol–water partition coefficient (Wildman–Crippen LogP) is 0.135. The van der Waals surface area contributed by atoms with Gasteiger partial charge in [-0.15, -0.1) is 0 Å². The number of nitrogens with zero attached hydrogens (tertiary/aromatic N) is 1. The van der Waals surface area contributed by atoms with Gasteiger partial charge in [-0.25, -0.2) is 0 Å². The smallest absolute Gasteiger partial charge is 0.310 e. The number of amides is 1. The lowest BCUT2D eigenvalue weighted by Gasteiger charge is -2.35. The number of ether oxygens (including phenoxy) is 1. The van der Waals surface area contributed by atoms with Crippen molar-refractivity contribution in [2.45, 2.75) is 32.2 Å². The summed E-state index contributed by atoms with van der Waals surface area (Å²) >= 11 is 0. The molecule has 5 heteroatoms. The second kappa shape index (κ2) is 4.82. The highest BCUT2D eigenvalue weighted by Crippen LogP contribution is 2.19. The lowest BCUT2D eigenvalue weighted by Crippen LogP contribution is -2.54. The number of likely N-dealkylation sites (tertiary alicyclic amines) is 1. The summed E-state index contributed by atoms with van der Waals surface area (Å²) in [7, 11) is 1.37. The van der Waals surface area contributed by atoms with Crippen molar-refractivity contribution in [1.82, 2.24) is 4.90 Å². The lowest BCUT2D eigenvalue weighted by atomic mass is 9.95. The van der Waals surface area contributed by atoms with E-state index in [0.717, 1.165) is 12.8 Å². The molecule has 1 amide bonds. The molecule has 0 spiro atoms. The Kier molecular flexibility index (Phi) is 3.91. The summed E-state index contributed by atoms with van der Waals surface area (Å²) in [6.07, 6.45) is 1.60. The largest absolute Gasteiger partial charge is 0.469 e. The molecule has 0 aromatic rings. The number of nitrogens with two attached hydrogens (primary N) is 1. The highest BCUT2D eigenvalue weighted by Gasteiger charge is 2.33. The first-order valence-corrected chi connectivity index (χ1v) is 5.52. The Morgan fingerprint density at radius 2 is 2.06 bits per heavy atom. The van der Waals surface area contributed by atoms with Crippen LogP contribution in [-0.4, -0.2) is 42.5 Å². The van der Waals surface area contributed by atoms with Crippen molar-refractivity contribution < 1.29 is 14.3 Å². The average Bonchev–Trinajstić information content (AvgIpc) is 2.26. The summed E-state index contributed by atoms with van der Waals surface area (Å²) in [4.78, 5) is 25.0. The van der Waals surface area contributed by atoms with Gasteiger partial charge in [0.05, 0.1) is 18.6 Å². The molecule has 0 saturated carbocycles. The number of esters is 1. The van der Waals surface area contributed by atoms with Gasteiger partial charge in [-0.1, -0.05) is 0 Å². The first-order chi connectivity index (χ1) is 7.36. The summed E-state index contributed by atoms with van der Waals surface area (Å²) in [5, 5.41) is 0. The van der Waals surface area contributed by atoms with E-state index in [1.807, 2.05) is 0 Å². The van der Waals surface area contributed by atoms with E-state index in [4.69, 9.17) is 10.5 Å². The molecule has 0 aliphatic carbocycles. The molecular formula is C11H20N2O3. The minimum atomic E-state index is -0.877. The third-order valence-corrected chi connectivity index (χ3v) is 2.79. The molecule has 1 aliphatic heterocycles. The molecule has 0 aromatic heterocycles.